The molecule has 98 valence electrons. The van der Waals surface area contributed by atoms with Gasteiger partial charge in [-0.3, -0.25) is 4.79 Å². The molecule has 2 fully saturated rings. The van der Waals surface area contributed by atoms with Crippen LogP contribution in [0.3, 0.4) is 0 Å². The van der Waals surface area contributed by atoms with E-state index < -0.39 is 0 Å². The largest absolute Gasteiger partial charge is 0.462 e. The summed E-state index contributed by atoms with van der Waals surface area (Å²) in [5.41, 5.74) is -0.279. The third-order valence-electron chi connectivity index (χ3n) is 4.45. The average molecular weight is 239 g/mol. The van der Waals surface area contributed by atoms with E-state index in [-0.39, 0.29) is 17.5 Å². The smallest absolute Gasteiger partial charge is 0.313 e. The van der Waals surface area contributed by atoms with E-state index in [2.05, 4.69) is 12.2 Å². The van der Waals surface area contributed by atoms with Crippen molar-refractivity contribution >= 4 is 5.97 Å². The van der Waals surface area contributed by atoms with Crippen LogP contribution in [-0.4, -0.2) is 25.2 Å². The van der Waals surface area contributed by atoms with Crippen molar-refractivity contribution in [2.75, 3.05) is 13.1 Å². The standard InChI is InChI=1S/C14H25NO2/c1-3-11-5-4-6-12(9-11)17-13(16)14(2)7-8-15-10-14/h11-12,15H,3-10H2,1-2H3. The summed E-state index contributed by atoms with van der Waals surface area (Å²) in [6, 6.07) is 0. The van der Waals surface area contributed by atoms with E-state index in [1.54, 1.807) is 0 Å². The minimum atomic E-state index is -0.279. The van der Waals surface area contributed by atoms with Crippen molar-refractivity contribution in [3.05, 3.63) is 0 Å². The van der Waals surface area contributed by atoms with E-state index in [0.29, 0.717) is 0 Å². The van der Waals surface area contributed by atoms with Gasteiger partial charge in [0.05, 0.1) is 5.41 Å². The summed E-state index contributed by atoms with van der Waals surface area (Å²) in [4.78, 5) is 12.2. The molecule has 0 spiro atoms. The molecule has 1 aliphatic carbocycles. The topological polar surface area (TPSA) is 38.3 Å². The van der Waals surface area contributed by atoms with Crippen LogP contribution in [-0.2, 0) is 9.53 Å². The van der Waals surface area contributed by atoms with Gasteiger partial charge in [0.2, 0.25) is 0 Å². The maximum atomic E-state index is 12.2. The number of hydrogen-bond acceptors (Lipinski definition) is 3. The Kier molecular flexibility index (Phi) is 4.08. The van der Waals surface area contributed by atoms with Gasteiger partial charge in [0.15, 0.2) is 0 Å². The second-order valence-electron chi connectivity index (χ2n) is 5.96. The molecule has 3 nitrogen and oxygen atoms in total. The van der Waals surface area contributed by atoms with Crippen LogP contribution in [0.25, 0.3) is 0 Å². The third-order valence-corrected chi connectivity index (χ3v) is 4.45. The van der Waals surface area contributed by atoms with E-state index >= 15 is 0 Å². The first-order valence-corrected chi connectivity index (χ1v) is 7.06. The average Bonchev–Trinajstić information content (AvgIpc) is 2.78. The highest BCUT2D eigenvalue weighted by Gasteiger charge is 2.39. The molecule has 3 unspecified atom stereocenters. The summed E-state index contributed by atoms with van der Waals surface area (Å²) in [6.07, 6.45) is 6.97. The molecule has 1 aliphatic heterocycles. The number of carbonyl (C=O) groups excluding carboxylic acids is 1. The van der Waals surface area contributed by atoms with Gasteiger partial charge in [-0.2, -0.15) is 0 Å². The highest BCUT2D eigenvalue weighted by molar-refractivity contribution is 5.77. The third kappa shape index (κ3) is 3.01. The predicted molar refractivity (Wildman–Crippen MR) is 67.7 cm³/mol. The molecule has 1 saturated heterocycles. The van der Waals surface area contributed by atoms with Crippen LogP contribution in [0, 0.1) is 11.3 Å². The Morgan fingerprint density at radius 2 is 2.29 bits per heavy atom. The lowest BCUT2D eigenvalue weighted by Crippen LogP contribution is -2.36. The van der Waals surface area contributed by atoms with Gasteiger partial charge in [-0.1, -0.05) is 19.8 Å². The first-order chi connectivity index (χ1) is 8.14. The van der Waals surface area contributed by atoms with Gasteiger partial charge in [0.1, 0.15) is 6.10 Å². The van der Waals surface area contributed by atoms with Crippen molar-refractivity contribution in [1.29, 1.82) is 0 Å². The molecule has 1 saturated carbocycles. The number of ether oxygens (including phenoxy) is 1. The molecule has 0 aromatic rings. The summed E-state index contributed by atoms with van der Waals surface area (Å²) in [6.45, 7) is 5.97. The lowest BCUT2D eigenvalue weighted by atomic mass is 9.85. The lowest BCUT2D eigenvalue weighted by Gasteiger charge is -2.31. The second-order valence-corrected chi connectivity index (χ2v) is 5.96. The number of nitrogens with one attached hydrogen (secondary N) is 1. The summed E-state index contributed by atoms with van der Waals surface area (Å²) in [5, 5.41) is 3.25. The van der Waals surface area contributed by atoms with Crippen LogP contribution in [0.2, 0.25) is 0 Å². The van der Waals surface area contributed by atoms with Crippen molar-refractivity contribution in [3.8, 4) is 0 Å². The van der Waals surface area contributed by atoms with Crippen molar-refractivity contribution in [1.82, 2.24) is 5.32 Å². The Labute approximate surface area is 104 Å². The van der Waals surface area contributed by atoms with Crippen LogP contribution in [0.4, 0.5) is 0 Å². The van der Waals surface area contributed by atoms with Gasteiger partial charge in [-0.15, -0.1) is 0 Å². The molecule has 0 amide bonds. The number of hydrogen-bond donors (Lipinski definition) is 1. The SMILES string of the molecule is CCC1CCCC(OC(=O)C2(C)CCNC2)C1. The highest BCUT2D eigenvalue weighted by atomic mass is 16.5. The molecule has 3 heteroatoms. The zero-order chi connectivity index (χ0) is 12.3. The van der Waals surface area contributed by atoms with Crippen LogP contribution in [0.5, 0.6) is 0 Å². The summed E-state index contributed by atoms with van der Waals surface area (Å²) < 4.78 is 5.73. The van der Waals surface area contributed by atoms with E-state index in [4.69, 9.17) is 4.74 Å². The molecule has 1 heterocycles. The molecule has 1 N–H and O–H groups in total. The minimum absolute atomic E-state index is 0.0178. The fraction of sp³-hybridized carbons (Fsp3) is 0.929. The maximum Gasteiger partial charge on any atom is 0.313 e. The van der Waals surface area contributed by atoms with Crippen LogP contribution in [0.1, 0.15) is 52.4 Å². The first kappa shape index (κ1) is 12.9. The molecular weight excluding hydrogens is 214 g/mol. The van der Waals surface area contributed by atoms with E-state index in [0.717, 1.165) is 38.3 Å². The summed E-state index contributed by atoms with van der Waals surface area (Å²) >= 11 is 0. The molecule has 0 aromatic heterocycles. The van der Waals surface area contributed by atoms with Gasteiger partial charge >= 0.3 is 5.97 Å². The van der Waals surface area contributed by atoms with Gasteiger partial charge in [-0.25, -0.2) is 0 Å². The summed E-state index contributed by atoms with van der Waals surface area (Å²) in [7, 11) is 0. The van der Waals surface area contributed by atoms with Crippen LogP contribution >= 0.6 is 0 Å². The maximum absolute atomic E-state index is 12.2. The van der Waals surface area contributed by atoms with E-state index in [1.807, 2.05) is 6.92 Å². The first-order valence-electron chi connectivity index (χ1n) is 7.06. The van der Waals surface area contributed by atoms with Crippen LogP contribution in [0.15, 0.2) is 0 Å². The Bertz CT molecular complexity index is 271. The lowest BCUT2D eigenvalue weighted by molar-refractivity contribution is -0.161. The quantitative estimate of drug-likeness (QED) is 0.769. The van der Waals surface area contributed by atoms with Gasteiger partial charge < -0.3 is 10.1 Å². The highest BCUT2D eigenvalue weighted by Crippen LogP contribution is 2.32. The predicted octanol–water partition coefficient (Wildman–Crippen LogP) is 2.50. The fourth-order valence-corrected chi connectivity index (χ4v) is 3.00. The molecule has 0 bridgehead atoms. The van der Waals surface area contributed by atoms with Gasteiger partial charge in [0.25, 0.3) is 0 Å². The zero-order valence-corrected chi connectivity index (χ0v) is 11.1. The normalized spacial score (nSPS) is 38.0. The van der Waals surface area contributed by atoms with Crippen molar-refractivity contribution in [2.24, 2.45) is 11.3 Å². The molecule has 0 radical (unpaired) electrons. The second kappa shape index (κ2) is 5.38. The zero-order valence-electron chi connectivity index (χ0n) is 11.1. The van der Waals surface area contributed by atoms with Crippen molar-refractivity contribution < 1.29 is 9.53 Å². The molecular formula is C14H25NO2. The Balaban J connectivity index is 1.85. The Hall–Kier alpha value is -0.570. The molecule has 3 atom stereocenters. The van der Waals surface area contributed by atoms with E-state index in [9.17, 15) is 4.79 Å². The Morgan fingerprint density at radius 3 is 2.94 bits per heavy atom. The fourth-order valence-electron chi connectivity index (χ4n) is 3.00. The van der Waals surface area contributed by atoms with Crippen molar-refractivity contribution in [3.63, 3.8) is 0 Å². The monoisotopic (exact) mass is 239 g/mol. The number of esters is 1. The van der Waals surface area contributed by atoms with Crippen molar-refractivity contribution in [2.45, 2.75) is 58.5 Å². The number of carbonyl (C=O) groups is 1. The van der Waals surface area contributed by atoms with E-state index in [1.165, 1.54) is 19.3 Å². The number of rotatable bonds is 3. The molecule has 2 rings (SSSR count). The molecule has 17 heavy (non-hydrogen) atoms. The molecule has 2 aliphatic rings. The van der Waals surface area contributed by atoms with Crippen LogP contribution < -0.4 is 5.32 Å². The molecule has 0 aromatic carbocycles. The summed E-state index contributed by atoms with van der Waals surface area (Å²) in [5.74, 6) is 0.778. The van der Waals surface area contributed by atoms with Gasteiger partial charge in [0, 0.05) is 6.54 Å². The van der Waals surface area contributed by atoms with Gasteiger partial charge in [-0.05, 0) is 45.1 Å². The minimum Gasteiger partial charge on any atom is -0.462 e. The Morgan fingerprint density at radius 1 is 1.47 bits per heavy atom.